The number of hydrogen-bond acceptors (Lipinski definition) is 4. The predicted octanol–water partition coefficient (Wildman–Crippen LogP) is 3.93. The van der Waals surface area contributed by atoms with Gasteiger partial charge < -0.3 is 15.1 Å². The number of fused-ring (bicyclic) bond motifs is 1. The molecule has 1 atom stereocenters. The maximum absolute atomic E-state index is 13.1. The van der Waals surface area contributed by atoms with E-state index in [0.717, 1.165) is 0 Å². The fourth-order valence-electron chi connectivity index (χ4n) is 3.20. The highest BCUT2D eigenvalue weighted by molar-refractivity contribution is 6.30. The van der Waals surface area contributed by atoms with Crippen LogP contribution in [0.25, 0.3) is 0 Å². The van der Waals surface area contributed by atoms with Gasteiger partial charge in [0.15, 0.2) is 5.76 Å². The number of carbonyl (C=O) groups excluding carboxylic acids is 3. The van der Waals surface area contributed by atoms with E-state index in [9.17, 15) is 14.4 Å². The SMILES string of the molecule is O=C(CC1C(=O)Nc2ccccc2N1C(=O)c1ccco1)Nc1cccc(Cl)c1. The Bertz CT molecular complexity index is 1080. The summed E-state index contributed by atoms with van der Waals surface area (Å²) in [4.78, 5) is 39.7. The Morgan fingerprint density at radius 1 is 1.10 bits per heavy atom. The van der Waals surface area contributed by atoms with E-state index >= 15 is 0 Å². The van der Waals surface area contributed by atoms with Crippen LogP contribution in [0.3, 0.4) is 0 Å². The molecule has 7 nitrogen and oxygen atoms in total. The Morgan fingerprint density at radius 2 is 1.93 bits per heavy atom. The minimum absolute atomic E-state index is 0.0785. The third kappa shape index (κ3) is 3.86. The molecule has 1 aliphatic rings. The third-order valence-corrected chi connectivity index (χ3v) is 4.71. The Hall–Kier alpha value is -3.58. The van der Waals surface area contributed by atoms with Crippen molar-refractivity contribution in [2.45, 2.75) is 12.5 Å². The molecule has 0 saturated heterocycles. The number of furan rings is 1. The number of rotatable bonds is 4. The van der Waals surface area contributed by atoms with Crippen molar-refractivity contribution in [3.05, 3.63) is 77.7 Å². The molecule has 1 aromatic heterocycles. The molecule has 2 aromatic carbocycles. The van der Waals surface area contributed by atoms with Crippen molar-refractivity contribution >= 4 is 46.4 Å². The number of carbonyl (C=O) groups is 3. The number of nitrogens with one attached hydrogen (secondary N) is 2. The van der Waals surface area contributed by atoms with E-state index in [-0.39, 0.29) is 12.2 Å². The Kier molecular flexibility index (Phi) is 5.05. The van der Waals surface area contributed by atoms with Crippen LogP contribution >= 0.6 is 11.6 Å². The summed E-state index contributed by atoms with van der Waals surface area (Å²) in [5.41, 5.74) is 1.49. The molecule has 0 saturated carbocycles. The van der Waals surface area contributed by atoms with E-state index in [1.807, 2.05) is 0 Å². The lowest BCUT2D eigenvalue weighted by molar-refractivity contribution is -0.122. The highest BCUT2D eigenvalue weighted by Gasteiger charge is 2.39. The van der Waals surface area contributed by atoms with Crippen LogP contribution in [0.15, 0.2) is 71.3 Å². The van der Waals surface area contributed by atoms with Crippen LogP contribution in [0, 0.1) is 0 Å². The maximum atomic E-state index is 13.1. The fraction of sp³-hybridized carbons (Fsp3) is 0.0952. The number of benzene rings is 2. The van der Waals surface area contributed by atoms with E-state index in [1.54, 1.807) is 54.6 Å². The topological polar surface area (TPSA) is 91.7 Å². The molecule has 0 fully saturated rings. The van der Waals surface area contributed by atoms with Crippen molar-refractivity contribution < 1.29 is 18.8 Å². The van der Waals surface area contributed by atoms with Crippen molar-refractivity contribution in [2.24, 2.45) is 0 Å². The van der Waals surface area contributed by atoms with E-state index < -0.39 is 23.8 Å². The van der Waals surface area contributed by atoms with E-state index in [2.05, 4.69) is 10.6 Å². The van der Waals surface area contributed by atoms with Gasteiger partial charge in [-0.3, -0.25) is 19.3 Å². The lowest BCUT2D eigenvalue weighted by atomic mass is 10.0. The van der Waals surface area contributed by atoms with Gasteiger partial charge in [-0.05, 0) is 42.5 Å². The third-order valence-electron chi connectivity index (χ3n) is 4.47. The van der Waals surface area contributed by atoms with Gasteiger partial charge in [-0.2, -0.15) is 0 Å². The molecular weight excluding hydrogens is 394 g/mol. The zero-order valence-electron chi connectivity index (χ0n) is 15.1. The molecule has 8 heteroatoms. The highest BCUT2D eigenvalue weighted by Crippen LogP contribution is 2.34. The molecule has 1 aliphatic heterocycles. The van der Waals surface area contributed by atoms with Crippen molar-refractivity contribution in [3.63, 3.8) is 0 Å². The first kappa shape index (κ1) is 18.8. The first-order valence-electron chi connectivity index (χ1n) is 8.85. The highest BCUT2D eigenvalue weighted by atomic mass is 35.5. The second-order valence-corrected chi connectivity index (χ2v) is 6.87. The molecule has 0 radical (unpaired) electrons. The molecule has 1 unspecified atom stereocenters. The van der Waals surface area contributed by atoms with Crippen molar-refractivity contribution in [1.29, 1.82) is 0 Å². The lowest BCUT2D eigenvalue weighted by Crippen LogP contribution is -2.52. The quantitative estimate of drug-likeness (QED) is 0.683. The molecule has 0 spiro atoms. The minimum atomic E-state index is -1.04. The van der Waals surface area contributed by atoms with Crippen molar-refractivity contribution in [3.8, 4) is 0 Å². The van der Waals surface area contributed by atoms with Crippen molar-refractivity contribution in [1.82, 2.24) is 0 Å². The van der Waals surface area contributed by atoms with Gasteiger partial charge in [0.05, 0.1) is 24.1 Å². The zero-order valence-corrected chi connectivity index (χ0v) is 15.8. The molecular formula is C21H16ClN3O4. The molecule has 29 heavy (non-hydrogen) atoms. The first-order chi connectivity index (χ1) is 14.0. The summed E-state index contributed by atoms with van der Waals surface area (Å²) in [6.45, 7) is 0. The Balaban J connectivity index is 1.63. The molecule has 146 valence electrons. The number of halogens is 1. The van der Waals surface area contributed by atoms with E-state index in [0.29, 0.717) is 22.1 Å². The smallest absolute Gasteiger partial charge is 0.294 e. The van der Waals surface area contributed by atoms with Gasteiger partial charge in [0.2, 0.25) is 11.8 Å². The number of nitrogens with zero attached hydrogens (tertiary/aromatic N) is 1. The molecule has 0 aliphatic carbocycles. The summed E-state index contributed by atoms with van der Waals surface area (Å²) >= 11 is 5.94. The number of para-hydroxylation sites is 2. The standard InChI is InChI=1S/C21H16ClN3O4/c22-13-5-3-6-14(11-13)23-19(26)12-17-20(27)24-15-7-1-2-8-16(15)25(17)21(28)18-9-4-10-29-18/h1-11,17H,12H2,(H,23,26)(H,24,27). The second kappa shape index (κ2) is 7.81. The fourth-order valence-corrected chi connectivity index (χ4v) is 3.39. The predicted molar refractivity (Wildman–Crippen MR) is 109 cm³/mol. The normalized spacial score (nSPS) is 15.4. The van der Waals surface area contributed by atoms with Gasteiger partial charge in [0, 0.05) is 10.7 Å². The van der Waals surface area contributed by atoms with Gasteiger partial charge in [0.25, 0.3) is 5.91 Å². The minimum Gasteiger partial charge on any atom is -0.459 e. The molecule has 0 bridgehead atoms. The molecule has 2 N–H and O–H groups in total. The van der Waals surface area contributed by atoms with Gasteiger partial charge in [-0.15, -0.1) is 0 Å². The van der Waals surface area contributed by atoms with Gasteiger partial charge in [-0.25, -0.2) is 0 Å². The second-order valence-electron chi connectivity index (χ2n) is 6.44. The largest absolute Gasteiger partial charge is 0.459 e. The summed E-state index contributed by atoms with van der Waals surface area (Å²) in [6, 6.07) is 15.6. The first-order valence-corrected chi connectivity index (χ1v) is 9.23. The average Bonchev–Trinajstić information content (AvgIpc) is 3.23. The van der Waals surface area contributed by atoms with Gasteiger partial charge >= 0.3 is 0 Å². The molecule has 3 aromatic rings. The van der Waals surface area contributed by atoms with Crippen molar-refractivity contribution in [2.75, 3.05) is 15.5 Å². The lowest BCUT2D eigenvalue weighted by Gasteiger charge is -2.35. The van der Waals surface area contributed by atoms with Gasteiger partial charge in [-0.1, -0.05) is 29.8 Å². The van der Waals surface area contributed by atoms with E-state index in [1.165, 1.54) is 17.2 Å². The molecule has 2 heterocycles. The monoisotopic (exact) mass is 409 g/mol. The van der Waals surface area contributed by atoms with Crippen LogP contribution in [-0.2, 0) is 9.59 Å². The summed E-state index contributed by atoms with van der Waals surface area (Å²) < 4.78 is 5.22. The number of anilines is 3. The maximum Gasteiger partial charge on any atom is 0.294 e. The number of amides is 3. The van der Waals surface area contributed by atoms with Crippen LogP contribution in [0.1, 0.15) is 17.0 Å². The molecule has 3 amide bonds. The van der Waals surface area contributed by atoms with Crippen LogP contribution in [0.2, 0.25) is 5.02 Å². The summed E-state index contributed by atoms with van der Waals surface area (Å²) in [6.07, 6.45) is 1.14. The van der Waals surface area contributed by atoms with Crippen LogP contribution in [-0.4, -0.2) is 23.8 Å². The van der Waals surface area contributed by atoms with Crippen LogP contribution < -0.4 is 15.5 Å². The van der Waals surface area contributed by atoms with Crippen LogP contribution in [0.4, 0.5) is 17.1 Å². The summed E-state index contributed by atoms with van der Waals surface area (Å²) in [5.74, 6) is -1.30. The van der Waals surface area contributed by atoms with E-state index in [4.69, 9.17) is 16.0 Å². The zero-order chi connectivity index (χ0) is 20.4. The Morgan fingerprint density at radius 3 is 2.69 bits per heavy atom. The summed E-state index contributed by atoms with van der Waals surface area (Å²) in [7, 11) is 0. The van der Waals surface area contributed by atoms with Crippen LogP contribution in [0.5, 0.6) is 0 Å². The Labute approximate surface area is 171 Å². The summed E-state index contributed by atoms with van der Waals surface area (Å²) in [5, 5.41) is 5.93. The number of hydrogen-bond donors (Lipinski definition) is 2. The molecule has 4 rings (SSSR count). The average molecular weight is 410 g/mol. The van der Waals surface area contributed by atoms with Gasteiger partial charge in [0.1, 0.15) is 6.04 Å².